The molecule has 2 unspecified atom stereocenters. The summed E-state index contributed by atoms with van der Waals surface area (Å²) in [6, 6.07) is 13.3. The Morgan fingerprint density at radius 2 is 1.71 bits per heavy atom. The molecule has 5 nitrogen and oxygen atoms in total. The zero-order chi connectivity index (χ0) is 20.5. The minimum absolute atomic E-state index is 0.136. The number of rotatable bonds is 10. The average Bonchev–Trinajstić information content (AvgIpc) is 2.67. The molecule has 0 fully saturated rings. The highest BCUT2D eigenvalue weighted by Crippen LogP contribution is 2.30. The topological polar surface area (TPSA) is 56.8 Å². The van der Waals surface area contributed by atoms with Crippen molar-refractivity contribution >= 4 is 5.91 Å². The fourth-order valence-corrected chi connectivity index (χ4v) is 2.90. The molecule has 0 bridgehead atoms. The van der Waals surface area contributed by atoms with E-state index in [0.29, 0.717) is 36.9 Å². The number of carbonyl (C=O) groups excluding carboxylic acids is 1. The third kappa shape index (κ3) is 5.91. The van der Waals surface area contributed by atoms with Gasteiger partial charge >= 0.3 is 0 Å². The van der Waals surface area contributed by atoms with Crippen molar-refractivity contribution in [1.82, 2.24) is 5.32 Å². The largest absolute Gasteiger partial charge is 0.490 e. The molecule has 1 N–H and O–H groups in total. The van der Waals surface area contributed by atoms with Crippen LogP contribution in [0.25, 0.3) is 0 Å². The van der Waals surface area contributed by atoms with E-state index in [4.69, 9.17) is 14.2 Å². The number of nitrogens with one attached hydrogen (secondary N) is 1. The second-order valence-electron chi connectivity index (χ2n) is 6.63. The Morgan fingerprint density at radius 3 is 2.36 bits per heavy atom. The Kier molecular flexibility index (Phi) is 8.18. The summed E-state index contributed by atoms with van der Waals surface area (Å²) in [5.74, 6) is 1.96. The normalized spacial score (nSPS) is 12.8. The number of hydrogen-bond donors (Lipinski definition) is 1. The molecule has 0 aliphatic carbocycles. The summed E-state index contributed by atoms with van der Waals surface area (Å²) in [5.41, 5.74) is 2.05. The molecular weight excluding hydrogens is 354 g/mol. The number of ether oxygens (including phenoxy) is 3. The van der Waals surface area contributed by atoms with E-state index in [9.17, 15) is 4.79 Å². The van der Waals surface area contributed by atoms with Crippen molar-refractivity contribution in [3.8, 4) is 17.2 Å². The van der Waals surface area contributed by atoms with Gasteiger partial charge in [-0.25, -0.2) is 0 Å². The predicted molar refractivity (Wildman–Crippen MR) is 111 cm³/mol. The van der Waals surface area contributed by atoms with Gasteiger partial charge in [0.2, 0.25) is 0 Å². The lowest BCUT2D eigenvalue weighted by atomic mass is 10.1. The molecule has 2 aromatic carbocycles. The molecule has 2 aromatic rings. The third-order valence-corrected chi connectivity index (χ3v) is 4.36. The van der Waals surface area contributed by atoms with Crippen LogP contribution in [0.3, 0.4) is 0 Å². The minimum atomic E-state index is -0.543. The van der Waals surface area contributed by atoms with Gasteiger partial charge in [-0.05, 0) is 69.5 Å². The first-order valence-corrected chi connectivity index (χ1v) is 9.91. The van der Waals surface area contributed by atoms with E-state index >= 15 is 0 Å². The maximum Gasteiger partial charge on any atom is 0.261 e. The van der Waals surface area contributed by atoms with Crippen molar-refractivity contribution in [1.29, 1.82) is 0 Å². The van der Waals surface area contributed by atoms with Crippen LogP contribution in [0.15, 0.2) is 42.5 Å². The van der Waals surface area contributed by atoms with Crippen molar-refractivity contribution in [3.63, 3.8) is 0 Å². The van der Waals surface area contributed by atoms with E-state index in [-0.39, 0.29) is 11.9 Å². The van der Waals surface area contributed by atoms with Crippen molar-refractivity contribution in [2.24, 2.45) is 0 Å². The summed E-state index contributed by atoms with van der Waals surface area (Å²) in [7, 11) is 0. The second kappa shape index (κ2) is 10.6. The Hall–Kier alpha value is -2.69. The SMILES string of the molecule is CCOc1ccc(C(C)NC(=O)C(CC)Oc2cccc(C)c2)cc1OCC. The van der Waals surface area contributed by atoms with E-state index in [2.05, 4.69) is 5.32 Å². The van der Waals surface area contributed by atoms with Crippen LogP contribution in [-0.4, -0.2) is 25.2 Å². The van der Waals surface area contributed by atoms with E-state index in [0.717, 1.165) is 11.1 Å². The van der Waals surface area contributed by atoms with E-state index < -0.39 is 6.10 Å². The molecule has 0 aromatic heterocycles. The van der Waals surface area contributed by atoms with Crippen LogP contribution in [-0.2, 0) is 4.79 Å². The van der Waals surface area contributed by atoms with Crippen molar-refractivity contribution in [2.45, 2.75) is 53.2 Å². The molecule has 0 heterocycles. The molecule has 0 aliphatic rings. The molecule has 28 heavy (non-hydrogen) atoms. The van der Waals surface area contributed by atoms with E-state index in [1.165, 1.54) is 0 Å². The van der Waals surface area contributed by atoms with Crippen LogP contribution >= 0.6 is 0 Å². The van der Waals surface area contributed by atoms with Crippen LogP contribution in [0.5, 0.6) is 17.2 Å². The summed E-state index contributed by atoms with van der Waals surface area (Å²) >= 11 is 0. The van der Waals surface area contributed by atoms with Gasteiger partial charge in [-0.1, -0.05) is 25.1 Å². The molecule has 2 atom stereocenters. The van der Waals surface area contributed by atoms with Gasteiger partial charge in [-0.15, -0.1) is 0 Å². The molecule has 0 radical (unpaired) electrons. The first kappa shape index (κ1) is 21.6. The fraction of sp³-hybridized carbons (Fsp3) is 0.435. The summed E-state index contributed by atoms with van der Waals surface area (Å²) < 4.78 is 17.2. The smallest absolute Gasteiger partial charge is 0.261 e. The lowest BCUT2D eigenvalue weighted by Crippen LogP contribution is -2.39. The molecule has 0 saturated carbocycles. The highest BCUT2D eigenvalue weighted by Gasteiger charge is 2.21. The molecule has 0 aliphatic heterocycles. The summed E-state index contributed by atoms with van der Waals surface area (Å²) in [4.78, 5) is 12.7. The molecule has 0 saturated heterocycles. The number of carbonyl (C=O) groups is 1. The molecule has 0 spiro atoms. The lowest BCUT2D eigenvalue weighted by Gasteiger charge is -2.22. The third-order valence-electron chi connectivity index (χ3n) is 4.36. The quantitative estimate of drug-likeness (QED) is 0.637. The summed E-state index contributed by atoms with van der Waals surface area (Å²) in [6.07, 6.45) is 0.0401. The lowest BCUT2D eigenvalue weighted by molar-refractivity contribution is -0.128. The van der Waals surface area contributed by atoms with Crippen LogP contribution in [0.1, 0.15) is 51.3 Å². The molecular formula is C23H31NO4. The van der Waals surface area contributed by atoms with Gasteiger partial charge in [0.1, 0.15) is 5.75 Å². The Balaban J connectivity index is 2.08. The molecule has 2 rings (SSSR count). The number of benzene rings is 2. The molecule has 1 amide bonds. The van der Waals surface area contributed by atoms with Crippen LogP contribution < -0.4 is 19.5 Å². The maximum absolute atomic E-state index is 12.7. The van der Waals surface area contributed by atoms with E-state index in [1.807, 2.05) is 77.1 Å². The van der Waals surface area contributed by atoms with Crippen LogP contribution in [0, 0.1) is 6.92 Å². The average molecular weight is 386 g/mol. The highest BCUT2D eigenvalue weighted by molar-refractivity contribution is 5.81. The predicted octanol–water partition coefficient (Wildman–Crippen LogP) is 4.83. The van der Waals surface area contributed by atoms with Crippen molar-refractivity contribution in [2.75, 3.05) is 13.2 Å². The molecule has 5 heteroatoms. The molecule has 152 valence electrons. The number of hydrogen-bond acceptors (Lipinski definition) is 4. The summed E-state index contributed by atoms with van der Waals surface area (Å²) in [5, 5.41) is 3.04. The first-order chi connectivity index (χ1) is 13.5. The Morgan fingerprint density at radius 1 is 1.00 bits per heavy atom. The summed E-state index contributed by atoms with van der Waals surface area (Å²) in [6.45, 7) is 10.9. The van der Waals surface area contributed by atoms with Gasteiger partial charge in [0.05, 0.1) is 19.3 Å². The van der Waals surface area contributed by atoms with E-state index in [1.54, 1.807) is 0 Å². The number of amides is 1. The Bertz CT molecular complexity index is 775. The van der Waals surface area contributed by atoms with Crippen molar-refractivity contribution < 1.29 is 19.0 Å². The van der Waals surface area contributed by atoms with Gasteiger partial charge in [-0.3, -0.25) is 4.79 Å². The van der Waals surface area contributed by atoms with Gasteiger partial charge in [0.15, 0.2) is 17.6 Å². The monoisotopic (exact) mass is 385 g/mol. The van der Waals surface area contributed by atoms with Gasteiger partial charge in [-0.2, -0.15) is 0 Å². The Labute approximate surface area is 168 Å². The standard InChI is InChI=1S/C23H31NO4/c1-6-20(28-19-11-9-10-16(4)14-19)23(25)24-17(5)18-12-13-21(26-7-2)22(15-18)27-8-3/h9-15,17,20H,6-8H2,1-5H3,(H,24,25). The van der Waals surface area contributed by atoms with Gasteiger partial charge in [0.25, 0.3) is 5.91 Å². The second-order valence-corrected chi connectivity index (χ2v) is 6.63. The van der Waals surface area contributed by atoms with Crippen molar-refractivity contribution in [3.05, 3.63) is 53.6 Å². The highest BCUT2D eigenvalue weighted by atomic mass is 16.5. The first-order valence-electron chi connectivity index (χ1n) is 9.91. The minimum Gasteiger partial charge on any atom is -0.490 e. The number of aryl methyl sites for hydroxylation is 1. The van der Waals surface area contributed by atoms with Gasteiger partial charge in [0, 0.05) is 0 Å². The van der Waals surface area contributed by atoms with Crippen LogP contribution in [0.4, 0.5) is 0 Å². The fourth-order valence-electron chi connectivity index (χ4n) is 2.90. The maximum atomic E-state index is 12.7. The zero-order valence-electron chi connectivity index (χ0n) is 17.5. The van der Waals surface area contributed by atoms with Crippen LogP contribution in [0.2, 0.25) is 0 Å². The zero-order valence-corrected chi connectivity index (χ0v) is 17.5. The van der Waals surface area contributed by atoms with Gasteiger partial charge < -0.3 is 19.5 Å².